The predicted octanol–water partition coefficient (Wildman–Crippen LogP) is 0.937. The van der Waals surface area contributed by atoms with E-state index in [-0.39, 0.29) is 18.5 Å². The quantitative estimate of drug-likeness (QED) is 0.880. The summed E-state index contributed by atoms with van der Waals surface area (Å²) < 4.78 is 6.81. The molecule has 1 aromatic carbocycles. The van der Waals surface area contributed by atoms with Crippen molar-refractivity contribution in [1.29, 1.82) is 0 Å². The Labute approximate surface area is 126 Å². The second-order valence-electron chi connectivity index (χ2n) is 5.44. The molecule has 1 aliphatic heterocycles. The zero-order chi connectivity index (χ0) is 15.7. The number of carboxylic acid groups (broad SMARTS) is 1. The normalized spacial score (nSPS) is 17.3. The Morgan fingerprint density at radius 3 is 2.68 bits per heavy atom. The van der Waals surface area contributed by atoms with Gasteiger partial charge in [0.15, 0.2) is 5.69 Å². The highest BCUT2D eigenvalue weighted by Gasteiger charge is 2.42. The summed E-state index contributed by atoms with van der Waals surface area (Å²) in [5, 5.41) is 17.1. The van der Waals surface area contributed by atoms with Gasteiger partial charge in [0.25, 0.3) is 5.91 Å². The lowest BCUT2D eigenvalue weighted by Gasteiger charge is -2.33. The highest BCUT2D eigenvalue weighted by atomic mass is 16.5. The number of nitrogens with zero attached hydrogens (tertiary/aromatic N) is 2. The Hall–Kier alpha value is -2.41. The van der Waals surface area contributed by atoms with Crippen LogP contribution in [-0.2, 0) is 16.6 Å². The Balaban J connectivity index is 1.94. The molecular weight excluding hydrogens is 286 g/mol. The SMILES string of the molecule is Cn1nc(C(=O)NC2(C(=O)O)CCOCC2)c2ccccc21. The molecule has 2 N–H and O–H groups in total. The lowest BCUT2D eigenvalue weighted by atomic mass is 9.90. The summed E-state index contributed by atoms with van der Waals surface area (Å²) in [6.45, 7) is 0.630. The number of fused-ring (bicyclic) bond motifs is 1. The number of carbonyl (C=O) groups excluding carboxylic acids is 1. The summed E-state index contributed by atoms with van der Waals surface area (Å²) in [5.41, 5.74) is -0.220. The first kappa shape index (κ1) is 14.5. The third-order valence-corrected chi connectivity index (χ3v) is 4.08. The molecule has 1 aromatic heterocycles. The van der Waals surface area contributed by atoms with Crippen LogP contribution >= 0.6 is 0 Å². The van der Waals surface area contributed by atoms with Crippen molar-refractivity contribution in [3.63, 3.8) is 0 Å². The number of hydrogen-bond donors (Lipinski definition) is 2. The van der Waals surface area contributed by atoms with E-state index in [4.69, 9.17) is 4.74 Å². The van der Waals surface area contributed by atoms with Crippen LogP contribution in [0, 0.1) is 0 Å². The molecule has 116 valence electrons. The fraction of sp³-hybridized carbons (Fsp3) is 0.400. The van der Waals surface area contributed by atoms with Gasteiger partial charge in [-0.2, -0.15) is 5.10 Å². The minimum Gasteiger partial charge on any atom is -0.480 e. The van der Waals surface area contributed by atoms with Gasteiger partial charge in [-0.15, -0.1) is 0 Å². The molecule has 0 bridgehead atoms. The molecule has 1 aliphatic rings. The van der Waals surface area contributed by atoms with Gasteiger partial charge in [-0.1, -0.05) is 18.2 Å². The molecule has 2 heterocycles. The minimum atomic E-state index is -1.28. The molecule has 0 saturated carbocycles. The Morgan fingerprint density at radius 1 is 1.32 bits per heavy atom. The summed E-state index contributed by atoms with van der Waals surface area (Å²) in [4.78, 5) is 24.2. The molecule has 1 saturated heterocycles. The number of aliphatic carboxylic acids is 1. The van der Waals surface area contributed by atoms with E-state index in [1.165, 1.54) is 0 Å². The summed E-state index contributed by atoms with van der Waals surface area (Å²) in [7, 11) is 1.75. The predicted molar refractivity (Wildman–Crippen MR) is 78.6 cm³/mol. The molecule has 2 aromatic rings. The van der Waals surface area contributed by atoms with E-state index in [2.05, 4.69) is 10.4 Å². The van der Waals surface area contributed by atoms with Crippen LogP contribution in [0.2, 0.25) is 0 Å². The van der Waals surface area contributed by atoms with Crippen molar-refractivity contribution in [2.75, 3.05) is 13.2 Å². The molecule has 0 aliphatic carbocycles. The minimum absolute atomic E-state index is 0.241. The van der Waals surface area contributed by atoms with E-state index in [0.29, 0.717) is 18.6 Å². The van der Waals surface area contributed by atoms with Crippen molar-refractivity contribution in [2.24, 2.45) is 7.05 Å². The van der Waals surface area contributed by atoms with Crippen LogP contribution in [-0.4, -0.2) is 45.5 Å². The van der Waals surface area contributed by atoms with Crippen LogP contribution in [0.1, 0.15) is 23.3 Å². The molecule has 3 rings (SSSR count). The van der Waals surface area contributed by atoms with Crippen molar-refractivity contribution in [2.45, 2.75) is 18.4 Å². The van der Waals surface area contributed by atoms with Crippen molar-refractivity contribution >= 4 is 22.8 Å². The second-order valence-corrected chi connectivity index (χ2v) is 5.44. The second kappa shape index (κ2) is 5.42. The highest BCUT2D eigenvalue weighted by Crippen LogP contribution is 2.23. The summed E-state index contributed by atoms with van der Waals surface area (Å²) in [5.74, 6) is -1.51. The van der Waals surface area contributed by atoms with Crippen molar-refractivity contribution < 1.29 is 19.4 Å². The lowest BCUT2D eigenvalue weighted by Crippen LogP contribution is -2.57. The number of carbonyl (C=O) groups is 2. The number of benzene rings is 1. The average Bonchev–Trinajstić information content (AvgIpc) is 2.86. The molecule has 0 radical (unpaired) electrons. The third kappa shape index (κ3) is 2.33. The summed E-state index contributed by atoms with van der Waals surface area (Å²) in [6.07, 6.45) is 0.498. The van der Waals surface area contributed by atoms with Crippen molar-refractivity contribution in [1.82, 2.24) is 15.1 Å². The van der Waals surface area contributed by atoms with Crippen molar-refractivity contribution in [3.8, 4) is 0 Å². The standard InChI is InChI=1S/C15H17N3O4/c1-18-11-5-3-2-4-10(11)12(17-18)13(19)16-15(14(20)21)6-8-22-9-7-15/h2-5H,6-9H2,1H3,(H,16,19)(H,20,21). The van der Waals surface area contributed by atoms with Gasteiger partial charge in [-0.3, -0.25) is 9.48 Å². The molecule has 0 unspecified atom stereocenters. The van der Waals surface area contributed by atoms with E-state index >= 15 is 0 Å². The highest BCUT2D eigenvalue weighted by molar-refractivity contribution is 6.06. The van der Waals surface area contributed by atoms with Gasteiger partial charge < -0.3 is 15.2 Å². The monoisotopic (exact) mass is 303 g/mol. The van der Waals surface area contributed by atoms with E-state index in [1.807, 2.05) is 18.2 Å². The van der Waals surface area contributed by atoms with Crippen LogP contribution < -0.4 is 5.32 Å². The van der Waals surface area contributed by atoms with Crippen LogP contribution in [0.25, 0.3) is 10.9 Å². The smallest absolute Gasteiger partial charge is 0.329 e. The van der Waals surface area contributed by atoms with Crippen molar-refractivity contribution in [3.05, 3.63) is 30.0 Å². The van der Waals surface area contributed by atoms with Gasteiger partial charge in [0.05, 0.1) is 5.52 Å². The maximum Gasteiger partial charge on any atom is 0.329 e. The van der Waals surface area contributed by atoms with Crippen LogP contribution in [0.15, 0.2) is 24.3 Å². The third-order valence-electron chi connectivity index (χ3n) is 4.08. The van der Waals surface area contributed by atoms with E-state index in [0.717, 1.165) is 5.52 Å². The number of rotatable bonds is 3. The first-order valence-corrected chi connectivity index (χ1v) is 7.09. The molecule has 1 amide bonds. The fourth-order valence-corrected chi connectivity index (χ4v) is 2.77. The van der Waals surface area contributed by atoms with Crippen LogP contribution in [0.4, 0.5) is 0 Å². The number of hydrogen-bond acceptors (Lipinski definition) is 4. The maximum absolute atomic E-state index is 12.6. The number of para-hydroxylation sites is 1. The largest absolute Gasteiger partial charge is 0.480 e. The molecule has 22 heavy (non-hydrogen) atoms. The molecule has 7 nitrogen and oxygen atoms in total. The first-order valence-electron chi connectivity index (χ1n) is 7.09. The van der Waals surface area contributed by atoms with E-state index in [1.54, 1.807) is 17.8 Å². The molecular formula is C15H17N3O4. The summed E-state index contributed by atoms with van der Waals surface area (Å²) >= 11 is 0. The van der Waals surface area contributed by atoms with Gasteiger partial charge in [0, 0.05) is 38.5 Å². The molecule has 0 spiro atoms. The lowest BCUT2D eigenvalue weighted by molar-refractivity contribution is -0.148. The van der Waals surface area contributed by atoms with Gasteiger partial charge in [-0.05, 0) is 6.07 Å². The topological polar surface area (TPSA) is 93.5 Å². The summed E-state index contributed by atoms with van der Waals surface area (Å²) in [6, 6.07) is 7.35. The fourth-order valence-electron chi connectivity index (χ4n) is 2.77. The van der Waals surface area contributed by atoms with E-state index < -0.39 is 17.4 Å². The zero-order valence-electron chi connectivity index (χ0n) is 12.2. The van der Waals surface area contributed by atoms with E-state index in [9.17, 15) is 14.7 Å². The number of nitrogens with one attached hydrogen (secondary N) is 1. The number of aromatic nitrogens is 2. The number of aryl methyl sites for hydroxylation is 1. The van der Waals surface area contributed by atoms with Gasteiger partial charge in [-0.25, -0.2) is 4.79 Å². The zero-order valence-corrected chi connectivity index (χ0v) is 12.2. The maximum atomic E-state index is 12.6. The molecule has 0 atom stereocenters. The number of ether oxygens (including phenoxy) is 1. The number of carboxylic acids is 1. The van der Waals surface area contributed by atoms with Gasteiger partial charge in [0.1, 0.15) is 5.54 Å². The van der Waals surface area contributed by atoms with Crippen LogP contribution in [0.3, 0.4) is 0 Å². The van der Waals surface area contributed by atoms with Crippen LogP contribution in [0.5, 0.6) is 0 Å². The Kier molecular flexibility index (Phi) is 3.58. The molecule has 7 heteroatoms. The number of amides is 1. The Morgan fingerprint density at radius 2 is 2.00 bits per heavy atom. The van der Waals surface area contributed by atoms with Gasteiger partial charge in [0.2, 0.25) is 0 Å². The van der Waals surface area contributed by atoms with Gasteiger partial charge >= 0.3 is 5.97 Å². The molecule has 1 fully saturated rings. The Bertz CT molecular complexity index is 731. The first-order chi connectivity index (χ1) is 10.5. The average molecular weight is 303 g/mol.